The van der Waals surface area contributed by atoms with Crippen LogP contribution in [0.3, 0.4) is 0 Å². The molecular weight excluding hydrogens is 306 g/mol. The van der Waals surface area contributed by atoms with E-state index in [2.05, 4.69) is 4.98 Å². The minimum absolute atomic E-state index is 0.103. The van der Waals surface area contributed by atoms with Gasteiger partial charge in [0.25, 0.3) is 0 Å². The number of pyridine rings is 1. The first kappa shape index (κ1) is 16.0. The molecule has 0 aliphatic rings. The van der Waals surface area contributed by atoms with E-state index in [4.69, 9.17) is 20.1 Å². The molecule has 1 heterocycles. The first-order valence-corrected chi connectivity index (χ1v) is 6.23. The molecule has 0 aliphatic heterocycles. The fourth-order valence-corrected chi connectivity index (χ4v) is 1.97. The maximum Gasteiger partial charge on any atom is 0.341 e. The van der Waals surface area contributed by atoms with Crippen LogP contribution in [-0.2, 0) is 0 Å². The minimum atomic E-state index is -1.30. The summed E-state index contributed by atoms with van der Waals surface area (Å²) in [6, 6.07) is 4.73. The molecule has 8 heteroatoms. The lowest BCUT2D eigenvalue weighted by molar-refractivity contribution is 0.0679. The first-order chi connectivity index (χ1) is 10.8. The third-order valence-electron chi connectivity index (χ3n) is 3.04. The molecule has 23 heavy (non-hydrogen) atoms. The molecule has 118 valence electrons. The Labute approximate surface area is 129 Å². The van der Waals surface area contributed by atoms with Crippen LogP contribution in [-0.4, -0.2) is 45.3 Å². The van der Waals surface area contributed by atoms with Crippen LogP contribution in [0.5, 0.6) is 5.88 Å². The molecular formula is C15H11NO7. The van der Waals surface area contributed by atoms with Crippen molar-refractivity contribution in [3.63, 3.8) is 0 Å². The van der Waals surface area contributed by atoms with Gasteiger partial charge in [-0.1, -0.05) is 0 Å². The summed E-state index contributed by atoms with van der Waals surface area (Å²) >= 11 is 0. The summed E-state index contributed by atoms with van der Waals surface area (Å²) < 4.78 is 4.84. The van der Waals surface area contributed by atoms with E-state index in [9.17, 15) is 14.4 Å². The Hall–Kier alpha value is -3.42. The number of aromatic nitrogens is 1. The molecule has 0 amide bonds. The maximum absolute atomic E-state index is 11.2. The van der Waals surface area contributed by atoms with Gasteiger partial charge in [0.1, 0.15) is 5.56 Å². The number of methoxy groups -OCH3 is 1. The number of hydrogen-bond acceptors (Lipinski definition) is 5. The van der Waals surface area contributed by atoms with Crippen LogP contribution in [0.4, 0.5) is 0 Å². The van der Waals surface area contributed by atoms with Crippen LogP contribution in [0.15, 0.2) is 30.5 Å². The van der Waals surface area contributed by atoms with Crippen LogP contribution in [0, 0.1) is 0 Å². The molecule has 1 aromatic carbocycles. The van der Waals surface area contributed by atoms with E-state index in [1.807, 2.05) is 0 Å². The molecule has 0 aliphatic carbocycles. The van der Waals surface area contributed by atoms with Crippen molar-refractivity contribution < 1.29 is 34.4 Å². The van der Waals surface area contributed by atoms with Crippen LogP contribution in [0.25, 0.3) is 11.1 Å². The van der Waals surface area contributed by atoms with Crippen molar-refractivity contribution in [2.75, 3.05) is 7.11 Å². The van der Waals surface area contributed by atoms with Gasteiger partial charge in [-0.25, -0.2) is 19.4 Å². The van der Waals surface area contributed by atoms with Gasteiger partial charge in [-0.2, -0.15) is 0 Å². The Morgan fingerprint density at radius 1 is 0.870 bits per heavy atom. The summed E-state index contributed by atoms with van der Waals surface area (Å²) in [5.41, 5.74) is -0.198. The topological polar surface area (TPSA) is 134 Å². The predicted octanol–water partition coefficient (Wildman–Crippen LogP) is 1.85. The molecule has 3 N–H and O–H groups in total. The van der Waals surface area contributed by atoms with Gasteiger partial charge in [-0.3, -0.25) is 0 Å². The van der Waals surface area contributed by atoms with Crippen LogP contribution >= 0.6 is 0 Å². The van der Waals surface area contributed by atoms with Gasteiger partial charge >= 0.3 is 17.9 Å². The Balaban J connectivity index is 2.66. The van der Waals surface area contributed by atoms with Crippen LogP contribution in [0.1, 0.15) is 31.1 Å². The normalized spacial score (nSPS) is 10.1. The largest absolute Gasteiger partial charge is 0.480 e. The highest BCUT2D eigenvalue weighted by Crippen LogP contribution is 2.26. The van der Waals surface area contributed by atoms with Gasteiger partial charge in [0.2, 0.25) is 5.88 Å². The Bertz CT molecular complexity index is 781. The quantitative estimate of drug-likeness (QED) is 0.760. The molecule has 0 radical (unpaired) electrons. The lowest BCUT2D eigenvalue weighted by atomic mass is 10.00. The number of hydrogen-bond donors (Lipinski definition) is 3. The fourth-order valence-electron chi connectivity index (χ4n) is 1.97. The molecule has 2 aromatic rings. The number of aromatic carboxylic acids is 3. The number of carbonyl (C=O) groups is 3. The number of rotatable bonds is 5. The molecule has 0 saturated heterocycles. The van der Waals surface area contributed by atoms with Gasteiger partial charge < -0.3 is 20.1 Å². The smallest absolute Gasteiger partial charge is 0.341 e. The predicted molar refractivity (Wildman–Crippen MR) is 77.1 cm³/mol. The highest BCUT2D eigenvalue weighted by molar-refractivity contribution is 5.97. The zero-order valence-corrected chi connectivity index (χ0v) is 11.8. The lowest BCUT2D eigenvalue weighted by Crippen LogP contribution is -2.05. The highest BCUT2D eigenvalue weighted by Gasteiger charge is 2.17. The number of nitrogens with zero attached hydrogens (tertiary/aromatic N) is 1. The van der Waals surface area contributed by atoms with E-state index in [1.165, 1.54) is 31.5 Å². The SMILES string of the molecule is COc1ncc(-c2cc(C(=O)O)cc(C(=O)O)c2)cc1C(=O)O. The number of carboxylic acid groups (broad SMARTS) is 3. The van der Waals surface area contributed by atoms with Crippen LogP contribution in [0.2, 0.25) is 0 Å². The van der Waals surface area contributed by atoms with Crippen molar-refractivity contribution in [1.29, 1.82) is 0 Å². The summed E-state index contributed by atoms with van der Waals surface area (Å²) in [7, 11) is 1.27. The van der Waals surface area contributed by atoms with E-state index < -0.39 is 17.9 Å². The molecule has 0 saturated carbocycles. The zero-order chi connectivity index (χ0) is 17.1. The van der Waals surface area contributed by atoms with E-state index in [0.717, 1.165) is 6.07 Å². The highest BCUT2D eigenvalue weighted by atomic mass is 16.5. The summed E-state index contributed by atoms with van der Waals surface area (Å²) in [5, 5.41) is 27.3. The molecule has 2 rings (SSSR count). The third-order valence-corrected chi connectivity index (χ3v) is 3.04. The van der Waals surface area contributed by atoms with Crippen molar-refractivity contribution in [2.45, 2.75) is 0 Å². The average Bonchev–Trinajstić information content (AvgIpc) is 2.53. The summed E-state index contributed by atoms with van der Waals surface area (Å²) in [6.45, 7) is 0. The Morgan fingerprint density at radius 2 is 1.43 bits per heavy atom. The fraction of sp³-hybridized carbons (Fsp3) is 0.0667. The number of ether oxygens (including phenoxy) is 1. The summed E-state index contributed by atoms with van der Waals surface area (Å²) in [6.07, 6.45) is 1.28. The molecule has 0 spiro atoms. The minimum Gasteiger partial charge on any atom is -0.480 e. The van der Waals surface area contributed by atoms with Crippen molar-refractivity contribution in [3.8, 4) is 17.0 Å². The summed E-state index contributed by atoms with van der Waals surface area (Å²) in [4.78, 5) is 37.3. The van der Waals surface area contributed by atoms with E-state index >= 15 is 0 Å². The van der Waals surface area contributed by atoms with Crippen molar-refractivity contribution in [3.05, 3.63) is 47.2 Å². The average molecular weight is 317 g/mol. The van der Waals surface area contributed by atoms with Gasteiger partial charge in [-0.15, -0.1) is 0 Å². The second kappa shape index (κ2) is 6.14. The summed E-state index contributed by atoms with van der Waals surface area (Å²) in [5.74, 6) is -3.97. The molecule has 8 nitrogen and oxygen atoms in total. The standard InChI is InChI=1S/C15H11NO7/c1-23-12-11(15(21)22)5-10(6-16-12)7-2-8(13(17)18)4-9(3-7)14(19)20/h2-6H,1H3,(H,17,18)(H,19,20)(H,21,22). The van der Waals surface area contributed by atoms with Gasteiger partial charge in [-0.05, 0) is 29.8 Å². The molecule has 0 fully saturated rings. The number of carboxylic acids is 3. The lowest BCUT2D eigenvalue weighted by Gasteiger charge is -2.08. The zero-order valence-electron chi connectivity index (χ0n) is 11.8. The number of benzene rings is 1. The van der Waals surface area contributed by atoms with Gasteiger partial charge in [0.05, 0.1) is 18.2 Å². The maximum atomic E-state index is 11.2. The Morgan fingerprint density at radius 3 is 1.87 bits per heavy atom. The van der Waals surface area contributed by atoms with Crippen molar-refractivity contribution >= 4 is 17.9 Å². The molecule has 1 aromatic heterocycles. The third kappa shape index (κ3) is 3.26. The second-order valence-corrected chi connectivity index (χ2v) is 4.50. The van der Waals surface area contributed by atoms with Gasteiger partial charge in [0, 0.05) is 11.8 Å². The van der Waals surface area contributed by atoms with E-state index in [1.54, 1.807) is 0 Å². The Kier molecular flexibility index (Phi) is 4.26. The first-order valence-electron chi connectivity index (χ1n) is 6.23. The molecule has 0 atom stereocenters. The second-order valence-electron chi connectivity index (χ2n) is 4.50. The monoisotopic (exact) mass is 317 g/mol. The van der Waals surface area contributed by atoms with E-state index in [0.29, 0.717) is 0 Å². The molecule has 0 unspecified atom stereocenters. The van der Waals surface area contributed by atoms with E-state index in [-0.39, 0.29) is 33.7 Å². The van der Waals surface area contributed by atoms with Gasteiger partial charge in [0.15, 0.2) is 0 Å². The molecule has 0 bridgehead atoms. The van der Waals surface area contributed by atoms with Crippen LogP contribution < -0.4 is 4.74 Å². The van der Waals surface area contributed by atoms with Crippen molar-refractivity contribution in [1.82, 2.24) is 4.98 Å². The van der Waals surface area contributed by atoms with Crippen molar-refractivity contribution in [2.24, 2.45) is 0 Å².